The van der Waals surface area contributed by atoms with Gasteiger partial charge in [-0.2, -0.15) is 0 Å². The van der Waals surface area contributed by atoms with Gasteiger partial charge >= 0.3 is 5.97 Å². The molecule has 6 nitrogen and oxygen atoms in total. The van der Waals surface area contributed by atoms with Crippen LogP contribution in [0.3, 0.4) is 0 Å². The second-order valence-electron chi connectivity index (χ2n) is 10.8. The summed E-state index contributed by atoms with van der Waals surface area (Å²) in [5.41, 5.74) is 1.38. The molecule has 0 saturated carbocycles. The molecule has 0 bridgehead atoms. The van der Waals surface area contributed by atoms with E-state index in [1.807, 2.05) is 36.1 Å². The van der Waals surface area contributed by atoms with Crippen molar-refractivity contribution in [1.29, 1.82) is 0 Å². The normalized spacial score (nSPS) is 17.6. The fourth-order valence-corrected chi connectivity index (χ4v) is 5.44. The highest BCUT2D eigenvalue weighted by Crippen LogP contribution is 2.43. The number of nitrogens with one attached hydrogen (secondary N) is 1. The van der Waals surface area contributed by atoms with Gasteiger partial charge in [0, 0.05) is 46.9 Å². The van der Waals surface area contributed by atoms with Crippen molar-refractivity contribution in [3.8, 4) is 11.5 Å². The van der Waals surface area contributed by atoms with Crippen LogP contribution in [0.1, 0.15) is 49.2 Å². The maximum absolute atomic E-state index is 15.8. The fourth-order valence-electron chi connectivity index (χ4n) is 5.44. The molecule has 0 radical (unpaired) electrons. The van der Waals surface area contributed by atoms with Gasteiger partial charge < -0.3 is 19.6 Å². The monoisotopic (exact) mass is 552 g/mol. The molecule has 0 fully saturated rings. The number of benzene rings is 3. The van der Waals surface area contributed by atoms with Crippen LogP contribution >= 0.6 is 0 Å². The summed E-state index contributed by atoms with van der Waals surface area (Å²) in [5.74, 6) is -2.35. The molecule has 0 saturated heterocycles. The fraction of sp³-hybridized carbons (Fsp3) is 0.323. The minimum absolute atomic E-state index is 0.00583. The highest BCUT2D eigenvalue weighted by molar-refractivity contribution is 5.85. The molecular weight excluding hydrogens is 521 g/mol. The Bertz CT molecular complexity index is 1520. The molecule has 2 N–H and O–H groups in total. The molecule has 40 heavy (non-hydrogen) atoms. The van der Waals surface area contributed by atoms with Gasteiger partial charge in [0.25, 0.3) is 0 Å². The number of carboxylic acids is 1. The summed E-state index contributed by atoms with van der Waals surface area (Å²) in [7, 11) is 0. The van der Waals surface area contributed by atoms with Gasteiger partial charge in [0.1, 0.15) is 35.4 Å². The second-order valence-corrected chi connectivity index (χ2v) is 10.8. The average Bonchev–Trinajstić information content (AvgIpc) is 3.25. The van der Waals surface area contributed by atoms with Gasteiger partial charge in [0.05, 0.1) is 6.04 Å². The topological polar surface area (TPSA) is 74.8 Å². The Kier molecular flexibility index (Phi) is 7.51. The Hall–Kier alpha value is -3.98. The molecule has 0 amide bonds. The number of carbonyl (C=O) groups is 1. The largest absolute Gasteiger partial charge is 0.489 e. The first-order chi connectivity index (χ1) is 19.0. The van der Waals surface area contributed by atoms with Crippen LogP contribution in [0, 0.1) is 11.6 Å². The number of rotatable bonds is 9. The van der Waals surface area contributed by atoms with Crippen molar-refractivity contribution in [2.45, 2.75) is 51.6 Å². The molecule has 4 aromatic rings. The Morgan fingerprint density at radius 1 is 1.05 bits per heavy atom. The van der Waals surface area contributed by atoms with Crippen LogP contribution in [0.5, 0.6) is 11.5 Å². The van der Waals surface area contributed by atoms with Gasteiger partial charge in [-0.05, 0) is 56.5 Å². The number of para-hydroxylation sites is 1. The predicted octanol–water partition coefficient (Wildman–Crippen LogP) is 6.57. The molecule has 9 heteroatoms. The van der Waals surface area contributed by atoms with Crippen LogP contribution in [0.25, 0.3) is 10.9 Å². The summed E-state index contributed by atoms with van der Waals surface area (Å²) in [6.45, 7) is 4.36. The van der Waals surface area contributed by atoms with E-state index in [1.54, 1.807) is 24.3 Å². The zero-order chi connectivity index (χ0) is 28.6. The number of hydrogen-bond acceptors (Lipinski definition) is 4. The number of aliphatic carboxylic acids is 1. The molecule has 3 aromatic carbocycles. The first-order valence-corrected chi connectivity index (χ1v) is 13.1. The first kappa shape index (κ1) is 27.6. The number of halogens is 3. The van der Waals surface area contributed by atoms with Crippen molar-refractivity contribution in [3.05, 3.63) is 94.7 Å². The van der Waals surface area contributed by atoms with E-state index in [0.29, 0.717) is 23.4 Å². The van der Waals surface area contributed by atoms with E-state index in [0.717, 1.165) is 28.6 Å². The van der Waals surface area contributed by atoms with Crippen molar-refractivity contribution in [2.24, 2.45) is 0 Å². The average molecular weight is 553 g/mol. The lowest BCUT2D eigenvalue weighted by atomic mass is 9.87. The third-order valence-electron chi connectivity index (χ3n) is 7.07. The van der Waals surface area contributed by atoms with Crippen molar-refractivity contribution in [3.63, 3.8) is 0 Å². The lowest BCUT2D eigenvalue weighted by Gasteiger charge is -2.43. The molecule has 5 rings (SSSR count). The summed E-state index contributed by atoms with van der Waals surface area (Å²) < 4.78 is 57.5. The van der Waals surface area contributed by atoms with E-state index in [2.05, 4.69) is 4.98 Å². The van der Waals surface area contributed by atoms with Gasteiger partial charge in [0.15, 0.2) is 6.61 Å². The minimum Gasteiger partial charge on any atom is -0.489 e. The molecular formula is C31H31F3N2O4. The van der Waals surface area contributed by atoms with Crippen LogP contribution in [-0.4, -0.2) is 45.8 Å². The summed E-state index contributed by atoms with van der Waals surface area (Å²) in [6.07, 6.45) is 0.617. The van der Waals surface area contributed by atoms with Crippen molar-refractivity contribution >= 4 is 16.9 Å². The quantitative estimate of drug-likeness (QED) is 0.246. The van der Waals surface area contributed by atoms with E-state index < -0.39 is 35.9 Å². The molecule has 1 aliphatic heterocycles. The van der Waals surface area contributed by atoms with Crippen molar-refractivity contribution in [1.82, 2.24) is 9.88 Å². The van der Waals surface area contributed by atoms with Crippen molar-refractivity contribution in [2.75, 3.05) is 13.2 Å². The highest BCUT2D eigenvalue weighted by atomic mass is 19.1. The molecule has 0 spiro atoms. The third-order valence-corrected chi connectivity index (χ3v) is 7.07. The lowest BCUT2D eigenvalue weighted by molar-refractivity contribution is -0.139. The Morgan fingerprint density at radius 2 is 1.77 bits per heavy atom. The van der Waals surface area contributed by atoms with Gasteiger partial charge in [-0.1, -0.05) is 30.3 Å². The zero-order valence-corrected chi connectivity index (χ0v) is 22.5. The highest BCUT2D eigenvalue weighted by Gasteiger charge is 2.41. The number of carboxylic acid groups (broad SMARTS) is 1. The Labute approximate surface area is 230 Å². The number of alkyl halides is 1. The van der Waals surface area contributed by atoms with Gasteiger partial charge in [-0.15, -0.1) is 0 Å². The maximum atomic E-state index is 15.8. The summed E-state index contributed by atoms with van der Waals surface area (Å²) in [5, 5.41) is 9.79. The van der Waals surface area contributed by atoms with Crippen LogP contribution in [0.4, 0.5) is 13.2 Å². The summed E-state index contributed by atoms with van der Waals surface area (Å²) >= 11 is 0. The number of hydrogen-bond donors (Lipinski definition) is 2. The van der Waals surface area contributed by atoms with Crippen molar-refractivity contribution < 1.29 is 32.5 Å². The van der Waals surface area contributed by atoms with Gasteiger partial charge in [-0.3, -0.25) is 4.90 Å². The van der Waals surface area contributed by atoms with Crippen LogP contribution in [0.15, 0.2) is 60.7 Å². The second kappa shape index (κ2) is 10.9. The van der Waals surface area contributed by atoms with E-state index in [1.165, 1.54) is 13.8 Å². The third kappa shape index (κ3) is 5.79. The number of nitrogens with zero attached hydrogens (tertiary/aromatic N) is 1. The Balaban J connectivity index is 1.47. The molecule has 2 heterocycles. The molecule has 1 aromatic heterocycles. The standard InChI is InChI=1S/C31H31F3N2O4/c1-18-11-23-22-9-4-5-10-26(22)35-29(23)30(36(18)17-31(2,3)34)28-24(32)13-21(14-25(28)33)39-15-19-7-6-8-20(12-19)40-16-27(37)38/h4-10,12-14,18,30,35H,11,15-17H2,1-3H3,(H,37,38)/t18-,30-/m1/s1. The molecule has 2 atom stereocenters. The molecule has 0 aliphatic carbocycles. The number of ether oxygens (including phenoxy) is 2. The van der Waals surface area contributed by atoms with E-state index >= 15 is 8.78 Å². The molecule has 210 valence electrons. The van der Waals surface area contributed by atoms with Gasteiger partial charge in [-0.25, -0.2) is 18.0 Å². The van der Waals surface area contributed by atoms with Gasteiger partial charge in [0.2, 0.25) is 0 Å². The smallest absolute Gasteiger partial charge is 0.341 e. The first-order valence-electron chi connectivity index (χ1n) is 13.1. The predicted molar refractivity (Wildman–Crippen MR) is 145 cm³/mol. The SMILES string of the molecule is C[C@@H]1Cc2c([nH]c3ccccc23)[C@@H](c2c(F)cc(OCc3cccc(OCC(=O)O)c3)cc2F)N1CC(C)(C)F. The molecule has 1 aliphatic rings. The van der Waals surface area contributed by atoms with Crippen LogP contribution < -0.4 is 9.47 Å². The van der Waals surface area contributed by atoms with E-state index in [4.69, 9.17) is 14.6 Å². The number of fused-ring (bicyclic) bond motifs is 3. The zero-order valence-electron chi connectivity index (χ0n) is 22.5. The number of aromatic nitrogens is 1. The lowest BCUT2D eigenvalue weighted by Crippen LogP contribution is -2.48. The van der Waals surface area contributed by atoms with E-state index in [-0.39, 0.29) is 30.5 Å². The Morgan fingerprint density at radius 3 is 2.48 bits per heavy atom. The minimum atomic E-state index is -1.59. The van der Waals surface area contributed by atoms with Crippen LogP contribution in [0.2, 0.25) is 0 Å². The summed E-state index contributed by atoms with van der Waals surface area (Å²) in [4.78, 5) is 15.9. The summed E-state index contributed by atoms with van der Waals surface area (Å²) in [6, 6.07) is 15.6. The maximum Gasteiger partial charge on any atom is 0.341 e. The van der Waals surface area contributed by atoms with E-state index in [9.17, 15) is 9.18 Å². The molecule has 0 unspecified atom stereocenters. The van der Waals surface area contributed by atoms with Crippen LogP contribution in [-0.2, 0) is 17.8 Å². The number of H-pyrrole nitrogens is 1. The number of aromatic amines is 1.